The van der Waals surface area contributed by atoms with Gasteiger partial charge in [-0.2, -0.15) is 0 Å². The van der Waals surface area contributed by atoms with Gasteiger partial charge >= 0.3 is 0 Å². The van der Waals surface area contributed by atoms with E-state index < -0.39 is 0 Å². The maximum Gasteiger partial charge on any atom is 0.224 e. The SMILES string of the molecule is Cc1cc(C)cc(OCCCC(=O)Nc2ccccc2N)c1. The zero-order valence-corrected chi connectivity index (χ0v) is 13.1. The first-order valence-corrected chi connectivity index (χ1v) is 7.40. The Balaban J connectivity index is 1.74. The minimum atomic E-state index is -0.0538. The fraction of sp³-hybridized carbons (Fsp3) is 0.278. The maximum absolute atomic E-state index is 11.9. The van der Waals surface area contributed by atoms with E-state index in [1.54, 1.807) is 12.1 Å². The second-order valence-corrected chi connectivity index (χ2v) is 5.41. The van der Waals surface area contributed by atoms with Crippen LogP contribution >= 0.6 is 0 Å². The molecule has 2 aromatic rings. The van der Waals surface area contributed by atoms with Gasteiger partial charge < -0.3 is 15.8 Å². The van der Waals surface area contributed by atoms with Crippen LogP contribution in [0, 0.1) is 13.8 Å². The highest BCUT2D eigenvalue weighted by Gasteiger charge is 2.05. The Hall–Kier alpha value is -2.49. The molecule has 1 amide bonds. The Bertz CT molecular complexity index is 633. The molecule has 4 heteroatoms. The molecule has 0 aliphatic carbocycles. The van der Waals surface area contributed by atoms with E-state index in [-0.39, 0.29) is 5.91 Å². The van der Waals surface area contributed by atoms with Crippen molar-refractivity contribution in [2.45, 2.75) is 26.7 Å². The van der Waals surface area contributed by atoms with Gasteiger partial charge in [-0.1, -0.05) is 18.2 Å². The van der Waals surface area contributed by atoms with Crippen LogP contribution in [-0.4, -0.2) is 12.5 Å². The largest absolute Gasteiger partial charge is 0.494 e. The van der Waals surface area contributed by atoms with Gasteiger partial charge in [0.15, 0.2) is 0 Å². The van der Waals surface area contributed by atoms with E-state index in [1.165, 1.54) is 11.1 Å². The monoisotopic (exact) mass is 298 g/mol. The van der Waals surface area contributed by atoms with Crippen LogP contribution in [-0.2, 0) is 4.79 Å². The maximum atomic E-state index is 11.9. The second-order valence-electron chi connectivity index (χ2n) is 5.41. The summed E-state index contributed by atoms with van der Waals surface area (Å²) in [6.45, 7) is 4.59. The van der Waals surface area contributed by atoms with E-state index in [0.29, 0.717) is 30.8 Å². The van der Waals surface area contributed by atoms with E-state index in [4.69, 9.17) is 10.5 Å². The van der Waals surface area contributed by atoms with Crippen molar-refractivity contribution in [1.82, 2.24) is 0 Å². The molecule has 0 saturated heterocycles. The zero-order valence-electron chi connectivity index (χ0n) is 13.1. The van der Waals surface area contributed by atoms with Gasteiger partial charge in [0.1, 0.15) is 5.75 Å². The number of aryl methyl sites for hydroxylation is 2. The number of benzene rings is 2. The average Bonchev–Trinajstić information content (AvgIpc) is 2.45. The van der Waals surface area contributed by atoms with Crippen LogP contribution < -0.4 is 15.8 Å². The minimum absolute atomic E-state index is 0.0538. The molecule has 0 heterocycles. The van der Waals surface area contributed by atoms with Gasteiger partial charge in [-0.05, 0) is 55.7 Å². The fourth-order valence-corrected chi connectivity index (χ4v) is 2.26. The third-order valence-corrected chi connectivity index (χ3v) is 3.25. The third kappa shape index (κ3) is 4.81. The summed E-state index contributed by atoms with van der Waals surface area (Å²) in [5.41, 5.74) is 9.36. The summed E-state index contributed by atoms with van der Waals surface area (Å²) in [5, 5.41) is 2.81. The normalized spacial score (nSPS) is 10.3. The summed E-state index contributed by atoms with van der Waals surface area (Å²) >= 11 is 0. The van der Waals surface area contributed by atoms with Gasteiger partial charge in [0.2, 0.25) is 5.91 Å². The predicted molar refractivity (Wildman–Crippen MR) is 90.1 cm³/mol. The van der Waals surface area contributed by atoms with Crippen molar-refractivity contribution >= 4 is 17.3 Å². The first-order chi connectivity index (χ1) is 10.5. The summed E-state index contributed by atoms with van der Waals surface area (Å²) in [6.07, 6.45) is 1.06. The van der Waals surface area contributed by atoms with E-state index in [9.17, 15) is 4.79 Å². The summed E-state index contributed by atoms with van der Waals surface area (Å²) in [6, 6.07) is 13.3. The third-order valence-electron chi connectivity index (χ3n) is 3.25. The van der Waals surface area contributed by atoms with Crippen molar-refractivity contribution in [1.29, 1.82) is 0 Å². The fourth-order valence-electron chi connectivity index (χ4n) is 2.26. The number of hydrogen-bond donors (Lipinski definition) is 2. The predicted octanol–water partition coefficient (Wildman–Crippen LogP) is 3.68. The molecule has 0 unspecified atom stereocenters. The van der Waals surface area contributed by atoms with Crippen LogP contribution in [0.15, 0.2) is 42.5 Å². The summed E-state index contributed by atoms with van der Waals surface area (Å²) in [5.74, 6) is 0.798. The standard InChI is InChI=1S/C18H22N2O2/c1-13-10-14(2)12-15(11-13)22-9-5-8-18(21)20-17-7-4-3-6-16(17)19/h3-4,6-7,10-12H,5,8-9,19H2,1-2H3,(H,20,21). The van der Waals surface area contributed by atoms with Crippen molar-refractivity contribution < 1.29 is 9.53 Å². The molecule has 0 fully saturated rings. The number of rotatable bonds is 6. The zero-order chi connectivity index (χ0) is 15.9. The van der Waals surface area contributed by atoms with Crippen LogP contribution in [0.2, 0.25) is 0 Å². The summed E-state index contributed by atoms with van der Waals surface area (Å²) in [7, 11) is 0. The topological polar surface area (TPSA) is 64.3 Å². The lowest BCUT2D eigenvalue weighted by Crippen LogP contribution is -2.13. The van der Waals surface area contributed by atoms with E-state index in [0.717, 1.165) is 5.75 Å². The molecule has 0 saturated carbocycles. The molecule has 0 atom stereocenters. The van der Waals surface area contributed by atoms with Gasteiger partial charge in [-0.3, -0.25) is 4.79 Å². The van der Waals surface area contributed by atoms with Crippen molar-refractivity contribution in [3.05, 3.63) is 53.6 Å². The molecule has 0 aliphatic heterocycles. The molecule has 2 rings (SSSR count). The number of carbonyl (C=O) groups is 1. The summed E-state index contributed by atoms with van der Waals surface area (Å²) < 4.78 is 5.69. The van der Waals surface area contributed by atoms with Crippen LogP contribution in [0.3, 0.4) is 0 Å². The van der Waals surface area contributed by atoms with Crippen LogP contribution in [0.4, 0.5) is 11.4 Å². The number of nitrogens with two attached hydrogens (primary N) is 1. The highest BCUT2D eigenvalue weighted by molar-refractivity contribution is 5.93. The smallest absolute Gasteiger partial charge is 0.224 e. The van der Waals surface area contributed by atoms with Gasteiger partial charge in [0.25, 0.3) is 0 Å². The van der Waals surface area contributed by atoms with Crippen molar-refractivity contribution in [3.63, 3.8) is 0 Å². The van der Waals surface area contributed by atoms with E-state index >= 15 is 0 Å². The molecule has 0 aliphatic rings. The minimum Gasteiger partial charge on any atom is -0.494 e. The molecule has 0 spiro atoms. The van der Waals surface area contributed by atoms with Crippen molar-refractivity contribution in [2.75, 3.05) is 17.7 Å². The molecular formula is C18H22N2O2. The highest BCUT2D eigenvalue weighted by Crippen LogP contribution is 2.18. The molecule has 22 heavy (non-hydrogen) atoms. The number of amides is 1. The Morgan fingerprint density at radius 2 is 1.82 bits per heavy atom. The van der Waals surface area contributed by atoms with Crippen LogP contribution in [0.5, 0.6) is 5.75 Å². The molecule has 116 valence electrons. The lowest BCUT2D eigenvalue weighted by atomic mass is 10.1. The van der Waals surface area contributed by atoms with E-state index in [1.807, 2.05) is 38.1 Å². The molecular weight excluding hydrogens is 276 g/mol. The highest BCUT2D eigenvalue weighted by atomic mass is 16.5. The first-order valence-electron chi connectivity index (χ1n) is 7.40. The average molecular weight is 298 g/mol. The molecule has 2 aromatic carbocycles. The number of para-hydroxylation sites is 2. The Morgan fingerprint density at radius 1 is 1.14 bits per heavy atom. The number of hydrogen-bond acceptors (Lipinski definition) is 3. The van der Waals surface area contributed by atoms with Gasteiger partial charge in [0, 0.05) is 6.42 Å². The molecule has 0 bridgehead atoms. The molecule has 0 aromatic heterocycles. The van der Waals surface area contributed by atoms with Crippen LogP contribution in [0.1, 0.15) is 24.0 Å². The Kier molecular flexibility index (Phi) is 5.42. The van der Waals surface area contributed by atoms with Crippen molar-refractivity contribution in [2.24, 2.45) is 0 Å². The second kappa shape index (κ2) is 7.50. The van der Waals surface area contributed by atoms with Gasteiger partial charge in [-0.15, -0.1) is 0 Å². The Labute approximate surface area is 131 Å². The number of ether oxygens (including phenoxy) is 1. The quantitative estimate of drug-likeness (QED) is 0.631. The lowest BCUT2D eigenvalue weighted by Gasteiger charge is -2.09. The lowest BCUT2D eigenvalue weighted by molar-refractivity contribution is -0.116. The molecule has 3 N–H and O–H groups in total. The number of nitrogens with one attached hydrogen (secondary N) is 1. The molecule has 4 nitrogen and oxygen atoms in total. The number of nitrogen functional groups attached to an aromatic ring is 1. The number of carbonyl (C=O) groups excluding carboxylic acids is 1. The van der Waals surface area contributed by atoms with Gasteiger partial charge in [-0.25, -0.2) is 0 Å². The first kappa shape index (κ1) is 15.9. The van der Waals surface area contributed by atoms with Crippen molar-refractivity contribution in [3.8, 4) is 5.75 Å². The summed E-state index contributed by atoms with van der Waals surface area (Å²) in [4.78, 5) is 11.9. The van der Waals surface area contributed by atoms with Gasteiger partial charge in [0.05, 0.1) is 18.0 Å². The molecule has 0 radical (unpaired) electrons. The number of anilines is 2. The Morgan fingerprint density at radius 3 is 2.50 bits per heavy atom. The van der Waals surface area contributed by atoms with Crippen LogP contribution in [0.25, 0.3) is 0 Å². The van der Waals surface area contributed by atoms with E-state index in [2.05, 4.69) is 11.4 Å².